The maximum Gasteiger partial charge on any atom is 0.259 e. The van der Waals surface area contributed by atoms with E-state index in [2.05, 4.69) is 115 Å². The molecule has 4 aromatic carbocycles. The molecule has 1 aliphatic rings. The van der Waals surface area contributed by atoms with Crippen molar-refractivity contribution in [3.8, 4) is 17.2 Å². The van der Waals surface area contributed by atoms with Crippen LogP contribution in [0, 0.1) is 13.8 Å². The first-order valence-corrected chi connectivity index (χ1v) is 24.8. The standard InChI is InChI=1S/C57H75N5O9/c1-9-23-62-46(7)44(5)56-48(12-11-13-49(56)57(62)63)45(6)58-21-20-47-16-19-52(55(41-47)71-38-33-64-8)61-26-31-69-53-39-42(3)14-17-50(53)59-22-28-66-36-37-68-30-25-60(24-29-67-35-34-65-10-2)51-18-15-43(4)40-54(51)70-32-27-61/h9,11-19,39-41,58-59H,1,5-7,10,20-38H2,2-4,8H3. The number of hydrogen-bond acceptors (Lipinski definition) is 13. The molecular formula is C57H75N5O9. The van der Waals surface area contributed by atoms with E-state index < -0.39 is 0 Å². The summed E-state index contributed by atoms with van der Waals surface area (Å²) in [6.45, 7) is 32.5. The van der Waals surface area contributed by atoms with Crippen molar-refractivity contribution >= 4 is 46.7 Å². The summed E-state index contributed by atoms with van der Waals surface area (Å²) in [5, 5.41) is 9.57. The van der Waals surface area contributed by atoms with Crippen molar-refractivity contribution in [2.24, 2.45) is 0 Å². The molecule has 5 aromatic rings. The van der Waals surface area contributed by atoms with Gasteiger partial charge in [-0.3, -0.25) is 4.79 Å². The van der Waals surface area contributed by atoms with Crippen LogP contribution in [0.4, 0.5) is 17.1 Å². The Hall–Kier alpha value is -6.29. The Morgan fingerprint density at radius 3 is 2.31 bits per heavy atom. The molecule has 0 saturated carbocycles. The second-order valence-electron chi connectivity index (χ2n) is 17.3. The summed E-state index contributed by atoms with van der Waals surface area (Å²) in [6, 6.07) is 24.5. The second-order valence-corrected chi connectivity index (χ2v) is 17.3. The molecule has 14 heteroatoms. The molecule has 71 heavy (non-hydrogen) atoms. The van der Waals surface area contributed by atoms with Crippen molar-refractivity contribution in [3.63, 3.8) is 0 Å². The first-order chi connectivity index (χ1) is 34.6. The zero-order chi connectivity index (χ0) is 50.4. The third-order valence-corrected chi connectivity index (χ3v) is 12.2. The average Bonchev–Trinajstić information content (AvgIpc) is 3.36. The van der Waals surface area contributed by atoms with Gasteiger partial charge in [0.15, 0.2) is 0 Å². The molecular weight excluding hydrogens is 899 g/mol. The number of rotatable bonds is 19. The van der Waals surface area contributed by atoms with Crippen LogP contribution >= 0.6 is 0 Å². The van der Waals surface area contributed by atoms with Crippen LogP contribution < -0.4 is 50.8 Å². The van der Waals surface area contributed by atoms with E-state index in [1.807, 2.05) is 25.1 Å². The van der Waals surface area contributed by atoms with Crippen LogP contribution in [0.15, 0.2) is 96.8 Å². The fourth-order valence-corrected chi connectivity index (χ4v) is 8.41. The van der Waals surface area contributed by atoms with Gasteiger partial charge < -0.3 is 62.9 Å². The zero-order valence-electron chi connectivity index (χ0n) is 42.5. The Kier molecular flexibility index (Phi) is 21.7. The SMILES string of the molecule is C=CCn1c(=C)c(=C)c2c(C(=C)NCCc3ccc(N4CCOc5cc(C)ccc5NCCOCCOCCN(CCOCCOCC)c5ccc(C)cc5OCC4)c(OCCOC)c3)cccc2c1=O. The summed E-state index contributed by atoms with van der Waals surface area (Å²) >= 11 is 0. The highest BCUT2D eigenvalue weighted by atomic mass is 16.5. The molecule has 2 heterocycles. The minimum Gasteiger partial charge on any atom is -0.490 e. The third kappa shape index (κ3) is 15.6. The second kappa shape index (κ2) is 28.5. The molecule has 0 aliphatic carbocycles. The van der Waals surface area contributed by atoms with Crippen LogP contribution in [0.5, 0.6) is 17.2 Å². The molecule has 0 amide bonds. The number of fused-ring (bicyclic) bond motifs is 3. The normalized spacial score (nSPS) is 14.3. The minimum atomic E-state index is -0.132. The topological polar surface area (TPSA) is 126 Å². The van der Waals surface area contributed by atoms with Crippen LogP contribution in [0.25, 0.3) is 29.6 Å². The first-order valence-electron chi connectivity index (χ1n) is 24.8. The predicted octanol–water partition coefficient (Wildman–Crippen LogP) is 6.74. The molecule has 382 valence electrons. The highest BCUT2D eigenvalue weighted by Gasteiger charge is 2.19. The number of hydrogen-bond donors (Lipinski definition) is 2. The molecule has 0 saturated heterocycles. The van der Waals surface area contributed by atoms with E-state index in [4.69, 9.17) is 37.9 Å². The molecule has 0 radical (unpaired) electrons. The van der Waals surface area contributed by atoms with Gasteiger partial charge in [-0.05, 0) is 91.6 Å². The zero-order valence-corrected chi connectivity index (χ0v) is 42.5. The van der Waals surface area contributed by atoms with Crippen LogP contribution in [-0.4, -0.2) is 130 Å². The van der Waals surface area contributed by atoms with E-state index in [0.717, 1.165) is 62.0 Å². The molecule has 0 spiro atoms. The van der Waals surface area contributed by atoms with E-state index in [0.29, 0.717) is 153 Å². The fraction of sp³-hybridized carbons (Fsp3) is 0.421. The number of nitrogens with one attached hydrogen (secondary N) is 2. The number of benzene rings is 4. The Balaban J connectivity index is 1.25. The summed E-state index contributed by atoms with van der Waals surface area (Å²) in [5.74, 6) is 2.28. The van der Waals surface area contributed by atoms with Crippen molar-refractivity contribution in [1.29, 1.82) is 0 Å². The number of ether oxygens (including phenoxy) is 8. The van der Waals surface area contributed by atoms with Crippen LogP contribution in [0.3, 0.4) is 0 Å². The van der Waals surface area contributed by atoms with E-state index in [1.54, 1.807) is 17.8 Å². The number of aryl methyl sites for hydroxylation is 2. The maximum absolute atomic E-state index is 13.5. The molecule has 14 nitrogen and oxygen atoms in total. The number of nitrogens with zero attached hydrogens (tertiary/aromatic N) is 3. The monoisotopic (exact) mass is 974 g/mol. The van der Waals surface area contributed by atoms with Crippen molar-refractivity contribution in [2.75, 3.05) is 141 Å². The number of methoxy groups -OCH3 is 1. The molecule has 2 N–H and O–H groups in total. The number of allylic oxidation sites excluding steroid dienone is 1. The lowest BCUT2D eigenvalue weighted by atomic mass is 10.0. The summed E-state index contributed by atoms with van der Waals surface area (Å²) in [7, 11) is 1.67. The molecule has 1 aromatic heterocycles. The largest absolute Gasteiger partial charge is 0.490 e. The van der Waals surface area contributed by atoms with Crippen LogP contribution in [0.1, 0.15) is 29.2 Å². The van der Waals surface area contributed by atoms with Crippen LogP contribution in [0.2, 0.25) is 0 Å². The number of anilines is 3. The lowest BCUT2D eigenvalue weighted by molar-refractivity contribution is 0.0498. The van der Waals surface area contributed by atoms with Gasteiger partial charge >= 0.3 is 0 Å². The first kappa shape index (κ1) is 54.1. The van der Waals surface area contributed by atoms with Gasteiger partial charge in [0.05, 0.1) is 83.0 Å². The van der Waals surface area contributed by atoms with Gasteiger partial charge in [0, 0.05) is 73.8 Å². The Bertz CT molecular complexity index is 2670. The maximum atomic E-state index is 13.5. The predicted molar refractivity (Wildman–Crippen MR) is 288 cm³/mol. The molecule has 0 atom stereocenters. The average molecular weight is 974 g/mol. The number of pyridine rings is 1. The lowest BCUT2D eigenvalue weighted by Gasteiger charge is -2.29. The quantitative estimate of drug-likeness (QED) is 0.0672. The Labute approximate surface area is 420 Å². The van der Waals surface area contributed by atoms with Crippen molar-refractivity contribution in [1.82, 2.24) is 9.88 Å². The summed E-state index contributed by atoms with van der Waals surface area (Å²) in [6.07, 6.45) is 2.36. The van der Waals surface area contributed by atoms with Crippen LogP contribution in [-0.2, 0) is 36.6 Å². The van der Waals surface area contributed by atoms with Gasteiger partial charge in [0.2, 0.25) is 0 Å². The van der Waals surface area contributed by atoms with E-state index in [-0.39, 0.29) is 5.56 Å². The van der Waals surface area contributed by atoms with E-state index >= 15 is 0 Å². The van der Waals surface area contributed by atoms with E-state index in [1.165, 1.54) is 0 Å². The lowest BCUT2D eigenvalue weighted by Crippen LogP contribution is -2.42. The smallest absolute Gasteiger partial charge is 0.259 e. The molecule has 0 unspecified atom stereocenters. The van der Waals surface area contributed by atoms with E-state index in [9.17, 15) is 4.79 Å². The molecule has 6 rings (SSSR count). The van der Waals surface area contributed by atoms with Crippen molar-refractivity contribution < 1.29 is 37.9 Å². The van der Waals surface area contributed by atoms with Gasteiger partial charge in [-0.25, -0.2) is 0 Å². The molecule has 0 fully saturated rings. The highest BCUT2D eigenvalue weighted by Crippen LogP contribution is 2.33. The van der Waals surface area contributed by atoms with Gasteiger partial charge in [0.1, 0.15) is 37.1 Å². The fourth-order valence-electron chi connectivity index (χ4n) is 8.41. The van der Waals surface area contributed by atoms with Crippen molar-refractivity contribution in [3.05, 3.63) is 135 Å². The third-order valence-electron chi connectivity index (χ3n) is 12.2. The molecule has 1 aliphatic heterocycles. The Morgan fingerprint density at radius 1 is 0.803 bits per heavy atom. The minimum absolute atomic E-state index is 0.132. The van der Waals surface area contributed by atoms with Gasteiger partial charge in [0.25, 0.3) is 5.56 Å². The number of aromatic nitrogens is 1. The summed E-state index contributed by atoms with van der Waals surface area (Å²) in [4.78, 5) is 18.0. The summed E-state index contributed by atoms with van der Waals surface area (Å²) < 4.78 is 50.3. The highest BCUT2D eigenvalue weighted by molar-refractivity contribution is 5.93. The van der Waals surface area contributed by atoms with Crippen molar-refractivity contribution in [2.45, 2.75) is 33.7 Å². The molecule has 0 bridgehead atoms. The summed E-state index contributed by atoms with van der Waals surface area (Å²) in [5.41, 5.74) is 7.41. The van der Waals surface area contributed by atoms with Gasteiger partial charge in [-0.1, -0.05) is 56.1 Å². The van der Waals surface area contributed by atoms with Gasteiger partial charge in [-0.15, -0.1) is 6.58 Å². The Morgan fingerprint density at radius 2 is 1.54 bits per heavy atom. The van der Waals surface area contributed by atoms with Gasteiger partial charge in [-0.2, -0.15) is 0 Å².